The Kier molecular flexibility index (Phi) is 5.65. The van der Waals surface area contributed by atoms with Crippen molar-refractivity contribution in [3.8, 4) is 16.5 Å². The minimum atomic E-state index is -0.977. The van der Waals surface area contributed by atoms with Crippen LogP contribution in [-0.4, -0.2) is 20.1 Å². The van der Waals surface area contributed by atoms with E-state index in [1.807, 2.05) is 49.6 Å². The summed E-state index contributed by atoms with van der Waals surface area (Å²) in [5.41, 5.74) is 7.10. The van der Waals surface area contributed by atoms with Crippen molar-refractivity contribution in [3.05, 3.63) is 70.3 Å². The van der Waals surface area contributed by atoms with Crippen LogP contribution in [0, 0.1) is 11.3 Å². The molecule has 2 aromatic rings. The molecule has 0 radical (unpaired) electrons. The average Bonchev–Trinajstić information content (AvgIpc) is 3.27. The number of amides is 1. The summed E-state index contributed by atoms with van der Waals surface area (Å²) in [6.07, 6.45) is 3.67. The van der Waals surface area contributed by atoms with E-state index in [2.05, 4.69) is 6.07 Å². The first-order chi connectivity index (χ1) is 13.8. The quantitative estimate of drug-likeness (QED) is 0.767. The molecule has 2 N–H and O–H groups in total. The number of thiophene rings is 1. The van der Waals surface area contributed by atoms with E-state index < -0.39 is 16.9 Å². The molecule has 0 aliphatic heterocycles. The van der Waals surface area contributed by atoms with Crippen molar-refractivity contribution in [1.29, 1.82) is 5.26 Å². The standard InChI is InChI=1S/C23H24N2O3S/c1-22(2,14-24)18-9-8-16(12-17(18)19-6-5-11-29-19)23(28-4)13-15(21(25)26)7-10-20(23)27-3/h5-12H,13H2,1-4H3,(H2,25,26). The van der Waals surface area contributed by atoms with E-state index in [9.17, 15) is 10.1 Å². The zero-order valence-electron chi connectivity index (χ0n) is 17.0. The number of rotatable bonds is 6. The predicted molar refractivity (Wildman–Crippen MR) is 114 cm³/mol. The van der Waals surface area contributed by atoms with Gasteiger partial charge in [-0.25, -0.2) is 0 Å². The highest BCUT2D eigenvalue weighted by atomic mass is 32.1. The molecule has 5 nitrogen and oxygen atoms in total. The molecule has 6 heteroatoms. The molecule has 1 aliphatic rings. The number of ether oxygens (including phenoxy) is 2. The number of nitrogens with two attached hydrogens (primary N) is 1. The number of benzene rings is 1. The summed E-state index contributed by atoms with van der Waals surface area (Å²) >= 11 is 1.61. The summed E-state index contributed by atoms with van der Waals surface area (Å²) < 4.78 is 11.6. The average molecular weight is 409 g/mol. The highest BCUT2D eigenvalue weighted by Gasteiger charge is 2.42. The molecule has 1 unspecified atom stereocenters. The van der Waals surface area contributed by atoms with E-state index >= 15 is 0 Å². The van der Waals surface area contributed by atoms with E-state index in [4.69, 9.17) is 15.2 Å². The first-order valence-corrected chi connectivity index (χ1v) is 10.1. The molecule has 0 saturated heterocycles. The highest BCUT2D eigenvalue weighted by Crippen LogP contribution is 2.45. The molecule has 1 aliphatic carbocycles. The fraction of sp³-hybridized carbons (Fsp3) is 0.304. The van der Waals surface area contributed by atoms with Crippen molar-refractivity contribution in [1.82, 2.24) is 0 Å². The molecule has 0 fully saturated rings. The van der Waals surface area contributed by atoms with Crippen LogP contribution in [0.5, 0.6) is 0 Å². The van der Waals surface area contributed by atoms with Gasteiger partial charge in [0.05, 0.1) is 18.6 Å². The fourth-order valence-corrected chi connectivity index (χ4v) is 4.46. The number of hydrogen-bond acceptors (Lipinski definition) is 5. The first kappa shape index (κ1) is 20.8. The van der Waals surface area contributed by atoms with Crippen LogP contribution in [0.2, 0.25) is 0 Å². The van der Waals surface area contributed by atoms with Gasteiger partial charge in [-0.15, -0.1) is 11.3 Å². The maximum Gasteiger partial charge on any atom is 0.244 e. The second-order valence-corrected chi connectivity index (χ2v) is 8.42. The summed E-state index contributed by atoms with van der Waals surface area (Å²) in [7, 11) is 3.17. The Morgan fingerprint density at radius 1 is 1.28 bits per heavy atom. The number of hydrogen-bond donors (Lipinski definition) is 1. The van der Waals surface area contributed by atoms with Crippen LogP contribution < -0.4 is 5.73 Å². The number of allylic oxidation sites excluding steroid dienone is 2. The van der Waals surface area contributed by atoms with Crippen molar-refractivity contribution in [3.63, 3.8) is 0 Å². The van der Waals surface area contributed by atoms with Gasteiger partial charge in [0.25, 0.3) is 0 Å². The van der Waals surface area contributed by atoms with E-state index in [-0.39, 0.29) is 6.42 Å². The van der Waals surface area contributed by atoms with Crippen LogP contribution >= 0.6 is 11.3 Å². The largest absolute Gasteiger partial charge is 0.498 e. The van der Waals surface area contributed by atoms with Crippen molar-refractivity contribution in [2.75, 3.05) is 14.2 Å². The Labute approximate surface area is 175 Å². The van der Waals surface area contributed by atoms with Gasteiger partial charge in [0.1, 0.15) is 5.76 Å². The molecule has 1 aromatic heterocycles. The molecule has 29 heavy (non-hydrogen) atoms. The minimum absolute atomic E-state index is 0.267. The maximum absolute atomic E-state index is 11.9. The third kappa shape index (κ3) is 3.59. The van der Waals surface area contributed by atoms with Crippen molar-refractivity contribution < 1.29 is 14.3 Å². The Bertz CT molecular complexity index is 1030. The molecular formula is C23H24N2O3S. The fourth-order valence-electron chi connectivity index (χ4n) is 3.70. The summed E-state index contributed by atoms with van der Waals surface area (Å²) in [5.74, 6) is 0.105. The molecule has 0 bridgehead atoms. The summed E-state index contributed by atoms with van der Waals surface area (Å²) in [5, 5.41) is 11.7. The molecule has 1 amide bonds. The molecule has 1 aromatic carbocycles. The van der Waals surface area contributed by atoms with Crippen LogP contribution in [0.15, 0.2) is 59.2 Å². The zero-order chi connectivity index (χ0) is 21.2. The maximum atomic E-state index is 11.9. The number of carbonyl (C=O) groups is 1. The lowest BCUT2D eigenvalue weighted by atomic mass is 9.77. The number of nitrogens with zero attached hydrogens (tertiary/aromatic N) is 1. The Morgan fingerprint density at radius 3 is 2.59 bits per heavy atom. The third-order valence-corrected chi connectivity index (χ3v) is 6.29. The lowest BCUT2D eigenvalue weighted by Crippen LogP contribution is -2.36. The van der Waals surface area contributed by atoms with Gasteiger partial charge < -0.3 is 15.2 Å². The lowest BCUT2D eigenvalue weighted by Gasteiger charge is -2.37. The number of nitriles is 1. The second-order valence-electron chi connectivity index (χ2n) is 7.47. The van der Waals surface area contributed by atoms with Gasteiger partial charge in [0, 0.05) is 24.0 Å². The van der Waals surface area contributed by atoms with Gasteiger partial charge >= 0.3 is 0 Å². The van der Waals surface area contributed by atoms with Crippen LogP contribution in [-0.2, 0) is 25.3 Å². The Balaban J connectivity index is 2.24. The number of primary amides is 1. The topological polar surface area (TPSA) is 85.3 Å². The molecule has 0 spiro atoms. The Morgan fingerprint density at radius 2 is 2.03 bits per heavy atom. The molecular weight excluding hydrogens is 384 g/mol. The molecule has 0 saturated carbocycles. The smallest absolute Gasteiger partial charge is 0.244 e. The molecule has 1 atom stereocenters. The van der Waals surface area contributed by atoms with E-state index in [1.165, 1.54) is 0 Å². The summed E-state index contributed by atoms with van der Waals surface area (Å²) in [6.45, 7) is 3.81. The molecule has 1 heterocycles. The normalized spacial score (nSPS) is 19.1. The third-order valence-electron chi connectivity index (χ3n) is 5.38. The van der Waals surface area contributed by atoms with Gasteiger partial charge in [-0.3, -0.25) is 4.79 Å². The lowest BCUT2D eigenvalue weighted by molar-refractivity contribution is -0.115. The Hall–Kier alpha value is -2.88. The van der Waals surface area contributed by atoms with Crippen molar-refractivity contribution in [2.45, 2.75) is 31.3 Å². The van der Waals surface area contributed by atoms with Gasteiger partial charge in [0.2, 0.25) is 5.91 Å². The first-order valence-electron chi connectivity index (χ1n) is 9.19. The molecule has 3 rings (SSSR count). The number of carbonyl (C=O) groups excluding carboxylic acids is 1. The summed E-state index contributed by atoms with van der Waals surface area (Å²) in [6, 6.07) is 12.3. The number of methoxy groups -OCH3 is 2. The monoisotopic (exact) mass is 408 g/mol. The van der Waals surface area contributed by atoms with Crippen LogP contribution in [0.25, 0.3) is 10.4 Å². The van der Waals surface area contributed by atoms with E-state index in [0.717, 1.165) is 21.6 Å². The minimum Gasteiger partial charge on any atom is -0.498 e. The zero-order valence-corrected chi connectivity index (χ0v) is 17.8. The van der Waals surface area contributed by atoms with Gasteiger partial charge in [-0.05, 0) is 60.2 Å². The van der Waals surface area contributed by atoms with Crippen LogP contribution in [0.3, 0.4) is 0 Å². The van der Waals surface area contributed by atoms with Crippen molar-refractivity contribution >= 4 is 17.2 Å². The van der Waals surface area contributed by atoms with Crippen molar-refractivity contribution in [2.24, 2.45) is 5.73 Å². The van der Waals surface area contributed by atoms with E-state index in [1.54, 1.807) is 37.7 Å². The SMILES string of the molecule is COC1=CC=C(C(N)=O)CC1(OC)c1ccc(C(C)(C)C#N)c(-c2cccs2)c1. The van der Waals surface area contributed by atoms with E-state index in [0.29, 0.717) is 11.3 Å². The highest BCUT2D eigenvalue weighted by molar-refractivity contribution is 7.13. The summed E-state index contributed by atoms with van der Waals surface area (Å²) in [4.78, 5) is 12.9. The molecule has 150 valence electrons. The van der Waals surface area contributed by atoms with Gasteiger partial charge in [0.15, 0.2) is 5.60 Å². The second kappa shape index (κ2) is 7.86. The predicted octanol–water partition coefficient (Wildman–Crippen LogP) is 4.40. The van der Waals surface area contributed by atoms with Crippen LogP contribution in [0.1, 0.15) is 31.4 Å². The van der Waals surface area contributed by atoms with Gasteiger partial charge in [-0.2, -0.15) is 5.26 Å². The van der Waals surface area contributed by atoms with Crippen LogP contribution in [0.4, 0.5) is 0 Å². The van der Waals surface area contributed by atoms with Gasteiger partial charge in [-0.1, -0.05) is 18.2 Å².